The number of aromatic amines is 1. The molecule has 1 aliphatic rings. The van der Waals surface area contributed by atoms with Crippen molar-refractivity contribution in [3.05, 3.63) is 37.1 Å². The second-order valence-electron chi connectivity index (χ2n) is 7.88. The van der Waals surface area contributed by atoms with Crippen molar-refractivity contribution in [3.8, 4) is 11.1 Å². The van der Waals surface area contributed by atoms with Gasteiger partial charge in [0.15, 0.2) is 5.65 Å². The second-order valence-corrected chi connectivity index (χ2v) is 7.88. The number of pyridine rings is 1. The Balaban J connectivity index is 1.33. The molecule has 0 bridgehead atoms. The number of fused-ring (bicyclic) bond motifs is 2. The van der Waals surface area contributed by atoms with E-state index in [-0.39, 0.29) is 17.5 Å². The summed E-state index contributed by atoms with van der Waals surface area (Å²) < 4.78 is 1.88. The molecule has 4 heterocycles. The highest BCUT2D eigenvalue weighted by Crippen LogP contribution is 2.34. The first-order chi connectivity index (χ1) is 14.0. The molecular formula is C20H22N8O. The quantitative estimate of drug-likeness (QED) is 0.483. The number of aromatic nitrogens is 6. The van der Waals surface area contributed by atoms with Crippen LogP contribution in [0, 0.1) is 0 Å². The van der Waals surface area contributed by atoms with Crippen molar-refractivity contribution < 1.29 is 4.79 Å². The van der Waals surface area contributed by atoms with E-state index in [0.29, 0.717) is 12.4 Å². The van der Waals surface area contributed by atoms with E-state index in [4.69, 9.17) is 0 Å². The van der Waals surface area contributed by atoms with Crippen LogP contribution in [-0.4, -0.2) is 47.0 Å². The van der Waals surface area contributed by atoms with E-state index < -0.39 is 0 Å². The van der Waals surface area contributed by atoms with Gasteiger partial charge < -0.3 is 15.6 Å². The van der Waals surface area contributed by atoms with Gasteiger partial charge in [0.2, 0.25) is 11.9 Å². The maximum atomic E-state index is 11.6. The summed E-state index contributed by atoms with van der Waals surface area (Å²) in [6, 6.07) is 4.20. The first-order valence-corrected chi connectivity index (χ1v) is 9.74. The lowest BCUT2D eigenvalue weighted by Gasteiger charge is -2.45. The molecule has 3 N–H and O–H groups in total. The molecule has 1 aliphatic carbocycles. The molecule has 0 unspecified atom stereocenters. The maximum Gasteiger partial charge on any atom is 0.224 e. The Hall–Kier alpha value is -3.49. The van der Waals surface area contributed by atoms with Gasteiger partial charge >= 0.3 is 0 Å². The number of H-pyrrole nitrogens is 1. The third kappa shape index (κ3) is 3.18. The first kappa shape index (κ1) is 17.6. The van der Waals surface area contributed by atoms with Gasteiger partial charge in [-0.2, -0.15) is 4.98 Å². The summed E-state index contributed by atoms with van der Waals surface area (Å²) in [5.41, 5.74) is 3.51. The molecule has 9 heteroatoms. The highest BCUT2D eigenvalue weighted by atomic mass is 16.1. The van der Waals surface area contributed by atoms with Crippen molar-refractivity contribution in [2.24, 2.45) is 0 Å². The smallest absolute Gasteiger partial charge is 0.224 e. The van der Waals surface area contributed by atoms with Crippen molar-refractivity contribution in [1.29, 1.82) is 0 Å². The number of anilines is 1. The number of carbonyl (C=O) groups is 1. The summed E-state index contributed by atoms with van der Waals surface area (Å²) in [5.74, 6) is 0.682. The molecule has 4 aromatic heterocycles. The molecule has 0 spiro atoms. The number of carbonyl (C=O) groups excluding carboxylic acids is 1. The van der Waals surface area contributed by atoms with Crippen LogP contribution in [0.5, 0.6) is 0 Å². The Bertz CT molecular complexity index is 1200. The van der Waals surface area contributed by atoms with Crippen molar-refractivity contribution in [2.75, 3.05) is 5.32 Å². The fourth-order valence-electron chi connectivity index (χ4n) is 4.04. The summed E-state index contributed by atoms with van der Waals surface area (Å²) in [6.45, 7) is 3.94. The summed E-state index contributed by atoms with van der Waals surface area (Å²) in [6.07, 6.45) is 9.67. The minimum atomic E-state index is -0.144. The van der Waals surface area contributed by atoms with Gasteiger partial charge in [0.1, 0.15) is 12.0 Å². The second kappa shape index (κ2) is 6.54. The summed E-state index contributed by atoms with van der Waals surface area (Å²) in [5, 5.41) is 15.4. The van der Waals surface area contributed by atoms with Gasteiger partial charge in [-0.15, -0.1) is 10.2 Å². The summed E-state index contributed by atoms with van der Waals surface area (Å²) in [7, 11) is 0. The Morgan fingerprint density at radius 1 is 1.38 bits per heavy atom. The minimum Gasteiger partial charge on any atom is -0.351 e. The number of rotatable bonds is 5. The highest BCUT2D eigenvalue weighted by molar-refractivity contribution is 5.93. The van der Waals surface area contributed by atoms with Crippen molar-refractivity contribution in [2.45, 2.75) is 44.7 Å². The predicted molar refractivity (Wildman–Crippen MR) is 109 cm³/mol. The van der Waals surface area contributed by atoms with Crippen molar-refractivity contribution >= 4 is 28.5 Å². The predicted octanol–water partition coefficient (Wildman–Crippen LogP) is 2.53. The lowest BCUT2D eigenvalue weighted by atomic mass is 9.74. The SMILES string of the molecule is CCC(=O)NC1(C)CC(Nc2ncc3c(-c4ccc5nncn5c4)c[nH]c3n2)C1. The molecule has 0 aliphatic heterocycles. The molecule has 4 aromatic rings. The summed E-state index contributed by atoms with van der Waals surface area (Å²) in [4.78, 5) is 24.0. The number of nitrogens with one attached hydrogen (secondary N) is 3. The average Bonchev–Trinajstić information content (AvgIpc) is 3.32. The molecular weight excluding hydrogens is 368 g/mol. The molecule has 29 heavy (non-hydrogen) atoms. The normalized spacial score (nSPS) is 21.2. The molecule has 0 radical (unpaired) electrons. The van der Waals surface area contributed by atoms with Crippen LogP contribution in [-0.2, 0) is 4.79 Å². The number of hydrogen-bond acceptors (Lipinski definition) is 6. The molecule has 0 saturated heterocycles. The molecule has 1 fully saturated rings. The van der Waals surface area contributed by atoms with E-state index in [1.165, 1.54) is 0 Å². The van der Waals surface area contributed by atoms with Gasteiger partial charge in [-0.05, 0) is 31.9 Å². The molecule has 1 saturated carbocycles. The molecule has 0 aromatic carbocycles. The van der Waals surface area contributed by atoms with Gasteiger partial charge in [-0.1, -0.05) is 6.92 Å². The van der Waals surface area contributed by atoms with Crippen LogP contribution in [0.4, 0.5) is 5.95 Å². The molecule has 148 valence electrons. The van der Waals surface area contributed by atoms with Gasteiger partial charge in [0.05, 0.1) is 0 Å². The van der Waals surface area contributed by atoms with Crippen molar-refractivity contribution in [1.82, 2.24) is 34.9 Å². The van der Waals surface area contributed by atoms with Crippen molar-refractivity contribution in [3.63, 3.8) is 0 Å². The zero-order valence-electron chi connectivity index (χ0n) is 16.3. The monoisotopic (exact) mass is 390 g/mol. The molecule has 1 amide bonds. The molecule has 0 atom stereocenters. The fraction of sp³-hybridized carbons (Fsp3) is 0.350. The van der Waals surface area contributed by atoms with E-state index in [1.54, 1.807) is 6.33 Å². The Morgan fingerprint density at radius 3 is 3.07 bits per heavy atom. The fourth-order valence-corrected chi connectivity index (χ4v) is 4.04. The zero-order valence-corrected chi connectivity index (χ0v) is 16.3. The third-order valence-electron chi connectivity index (χ3n) is 5.52. The standard InChI is InChI=1S/C20H22N8O/c1-3-17(29)26-20(2)6-13(7-20)24-19-22-9-15-14(8-21-18(15)25-19)12-4-5-16-27-23-11-28(16)10-12/h4-5,8-11,13H,3,6-7H2,1-2H3,(H,26,29)(H2,21,22,24,25). The van der Waals surface area contributed by atoms with Crippen LogP contribution in [0.3, 0.4) is 0 Å². The first-order valence-electron chi connectivity index (χ1n) is 9.74. The zero-order chi connectivity index (χ0) is 20.0. The number of nitrogens with zero attached hydrogens (tertiary/aromatic N) is 5. The maximum absolute atomic E-state index is 11.6. The lowest BCUT2D eigenvalue weighted by molar-refractivity contribution is -0.123. The highest BCUT2D eigenvalue weighted by Gasteiger charge is 2.41. The van der Waals surface area contributed by atoms with E-state index in [9.17, 15) is 4.79 Å². The van der Waals surface area contributed by atoms with Crippen LogP contribution >= 0.6 is 0 Å². The Labute approximate surface area is 167 Å². The average molecular weight is 390 g/mol. The number of amides is 1. The Kier molecular flexibility index (Phi) is 3.97. The van der Waals surface area contributed by atoms with Crippen LogP contribution in [0.2, 0.25) is 0 Å². The van der Waals surface area contributed by atoms with Crippen LogP contribution in [0.1, 0.15) is 33.1 Å². The Morgan fingerprint density at radius 2 is 2.24 bits per heavy atom. The summed E-state index contributed by atoms with van der Waals surface area (Å²) >= 11 is 0. The molecule has 5 rings (SSSR count). The van der Waals surface area contributed by atoms with Gasteiger partial charge in [0, 0.05) is 53.1 Å². The van der Waals surface area contributed by atoms with Gasteiger partial charge in [-0.25, -0.2) is 4.98 Å². The van der Waals surface area contributed by atoms with E-state index >= 15 is 0 Å². The van der Waals surface area contributed by atoms with Crippen LogP contribution in [0.15, 0.2) is 37.1 Å². The topological polar surface area (TPSA) is 113 Å². The van der Waals surface area contributed by atoms with Crippen LogP contribution < -0.4 is 10.6 Å². The van der Waals surface area contributed by atoms with Crippen LogP contribution in [0.25, 0.3) is 27.8 Å². The molecule has 9 nitrogen and oxygen atoms in total. The van der Waals surface area contributed by atoms with E-state index in [2.05, 4.69) is 42.7 Å². The van der Waals surface area contributed by atoms with E-state index in [0.717, 1.165) is 40.6 Å². The van der Waals surface area contributed by atoms with Gasteiger partial charge in [0.25, 0.3) is 0 Å². The van der Waals surface area contributed by atoms with Gasteiger partial charge in [-0.3, -0.25) is 9.20 Å². The lowest BCUT2D eigenvalue weighted by Crippen LogP contribution is -2.59. The number of hydrogen-bond donors (Lipinski definition) is 3. The largest absolute Gasteiger partial charge is 0.351 e. The third-order valence-corrected chi connectivity index (χ3v) is 5.52. The van der Waals surface area contributed by atoms with E-state index in [1.807, 2.05) is 42.0 Å². The minimum absolute atomic E-state index is 0.0900.